The Morgan fingerprint density at radius 3 is 3.00 bits per heavy atom. The molecular formula is C11H12O2. The summed E-state index contributed by atoms with van der Waals surface area (Å²) in [6, 6.07) is 7.76. The lowest BCUT2D eigenvalue weighted by molar-refractivity contribution is 0.101. The maximum absolute atomic E-state index is 11.1. The highest BCUT2D eigenvalue weighted by atomic mass is 16.6. The molecule has 0 radical (unpaired) electrons. The molecule has 1 aliphatic heterocycles. The van der Waals surface area contributed by atoms with E-state index < -0.39 is 0 Å². The minimum atomic E-state index is 0.124. The second kappa shape index (κ2) is 3.30. The number of hydrogen-bond acceptors (Lipinski definition) is 2. The number of epoxide rings is 1. The molecule has 2 heteroatoms. The van der Waals surface area contributed by atoms with Gasteiger partial charge in [0, 0.05) is 12.0 Å². The molecule has 1 unspecified atom stereocenters. The van der Waals surface area contributed by atoms with Gasteiger partial charge in [0.1, 0.15) is 0 Å². The van der Waals surface area contributed by atoms with Crippen LogP contribution in [0.3, 0.4) is 0 Å². The van der Waals surface area contributed by atoms with Crippen LogP contribution in [0.15, 0.2) is 24.3 Å². The van der Waals surface area contributed by atoms with Gasteiger partial charge >= 0.3 is 0 Å². The van der Waals surface area contributed by atoms with Crippen molar-refractivity contribution in [2.45, 2.75) is 19.4 Å². The molecule has 1 aliphatic rings. The van der Waals surface area contributed by atoms with Gasteiger partial charge in [0.25, 0.3) is 0 Å². The number of hydrogen-bond donors (Lipinski definition) is 0. The zero-order valence-electron chi connectivity index (χ0n) is 7.62. The number of carbonyl (C=O) groups excluding carboxylic acids is 1. The van der Waals surface area contributed by atoms with Crippen molar-refractivity contribution in [2.75, 3.05) is 6.61 Å². The highest BCUT2D eigenvalue weighted by molar-refractivity contribution is 5.94. The molecular weight excluding hydrogens is 164 g/mol. The van der Waals surface area contributed by atoms with E-state index in [1.54, 1.807) is 6.92 Å². The van der Waals surface area contributed by atoms with Crippen LogP contribution in [0.1, 0.15) is 22.8 Å². The SMILES string of the molecule is CC(=O)c1cccc(CC2CO2)c1. The Hall–Kier alpha value is -1.15. The molecule has 1 heterocycles. The van der Waals surface area contributed by atoms with Gasteiger partial charge in [-0.25, -0.2) is 0 Å². The average molecular weight is 176 g/mol. The fourth-order valence-electron chi connectivity index (χ4n) is 1.37. The van der Waals surface area contributed by atoms with Crippen molar-refractivity contribution in [3.05, 3.63) is 35.4 Å². The standard InChI is InChI=1S/C11H12O2/c1-8(12)10-4-2-3-9(5-10)6-11-7-13-11/h2-5,11H,6-7H2,1H3. The molecule has 68 valence electrons. The lowest BCUT2D eigenvalue weighted by atomic mass is 10.0. The fourth-order valence-corrected chi connectivity index (χ4v) is 1.37. The Kier molecular flexibility index (Phi) is 2.15. The Bertz CT molecular complexity index is 327. The second-order valence-corrected chi connectivity index (χ2v) is 3.42. The van der Waals surface area contributed by atoms with E-state index in [0.717, 1.165) is 18.6 Å². The predicted octanol–water partition coefficient (Wildman–Crippen LogP) is 1.83. The number of ether oxygens (including phenoxy) is 1. The van der Waals surface area contributed by atoms with E-state index in [1.807, 2.05) is 24.3 Å². The van der Waals surface area contributed by atoms with Crippen LogP contribution in [0, 0.1) is 0 Å². The summed E-state index contributed by atoms with van der Waals surface area (Å²) in [5, 5.41) is 0. The fraction of sp³-hybridized carbons (Fsp3) is 0.364. The van der Waals surface area contributed by atoms with E-state index in [-0.39, 0.29) is 5.78 Å². The first-order chi connectivity index (χ1) is 6.25. The molecule has 0 aromatic heterocycles. The molecule has 2 rings (SSSR count). The summed E-state index contributed by atoms with van der Waals surface area (Å²) >= 11 is 0. The van der Waals surface area contributed by atoms with Crippen molar-refractivity contribution in [3.63, 3.8) is 0 Å². The summed E-state index contributed by atoms with van der Waals surface area (Å²) in [6.07, 6.45) is 1.32. The summed E-state index contributed by atoms with van der Waals surface area (Å²) < 4.78 is 5.13. The molecule has 1 fully saturated rings. The molecule has 1 atom stereocenters. The second-order valence-electron chi connectivity index (χ2n) is 3.42. The number of benzene rings is 1. The summed E-state index contributed by atoms with van der Waals surface area (Å²) in [7, 11) is 0. The molecule has 2 nitrogen and oxygen atoms in total. The number of rotatable bonds is 3. The van der Waals surface area contributed by atoms with Crippen molar-refractivity contribution in [1.29, 1.82) is 0 Å². The van der Waals surface area contributed by atoms with Crippen LogP contribution in [0.25, 0.3) is 0 Å². The highest BCUT2D eigenvalue weighted by Crippen LogP contribution is 2.16. The van der Waals surface area contributed by atoms with Gasteiger partial charge in [-0.05, 0) is 18.6 Å². The lowest BCUT2D eigenvalue weighted by Gasteiger charge is -2.00. The van der Waals surface area contributed by atoms with Gasteiger partial charge in [-0.3, -0.25) is 4.79 Å². The van der Waals surface area contributed by atoms with E-state index in [9.17, 15) is 4.79 Å². The van der Waals surface area contributed by atoms with Crippen LogP contribution >= 0.6 is 0 Å². The molecule has 0 bridgehead atoms. The first kappa shape index (κ1) is 8.45. The maximum Gasteiger partial charge on any atom is 0.159 e. The molecule has 0 saturated carbocycles. The van der Waals surface area contributed by atoms with Gasteiger partial charge in [-0.15, -0.1) is 0 Å². The van der Waals surface area contributed by atoms with Gasteiger partial charge in [0.05, 0.1) is 12.7 Å². The third kappa shape index (κ3) is 2.16. The zero-order valence-corrected chi connectivity index (χ0v) is 7.62. The molecule has 0 spiro atoms. The van der Waals surface area contributed by atoms with Crippen molar-refractivity contribution < 1.29 is 9.53 Å². The van der Waals surface area contributed by atoms with Crippen molar-refractivity contribution in [1.82, 2.24) is 0 Å². The first-order valence-electron chi connectivity index (χ1n) is 4.47. The Morgan fingerprint density at radius 1 is 1.62 bits per heavy atom. The van der Waals surface area contributed by atoms with Crippen LogP contribution in [0.2, 0.25) is 0 Å². The minimum Gasteiger partial charge on any atom is -0.373 e. The van der Waals surface area contributed by atoms with Gasteiger partial charge in [0.2, 0.25) is 0 Å². The normalized spacial score (nSPS) is 19.9. The highest BCUT2D eigenvalue weighted by Gasteiger charge is 2.22. The number of Topliss-reactive ketones (excluding diaryl/α,β-unsaturated/α-hetero) is 1. The van der Waals surface area contributed by atoms with E-state index in [1.165, 1.54) is 5.56 Å². The largest absolute Gasteiger partial charge is 0.373 e. The quantitative estimate of drug-likeness (QED) is 0.519. The molecule has 0 N–H and O–H groups in total. The van der Waals surface area contributed by atoms with Gasteiger partial charge in [0.15, 0.2) is 5.78 Å². The zero-order chi connectivity index (χ0) is 9.26. The van der Waals surface area contributed by atoms with Gasteiger partial charge in [-0.1, -0.05) is 18.2 Å². The molecule has 1 aromatic carbocycles. The lowest BCUT2D eigenvalue weighted by Crippen LogP contribution is -1.97. The Labute approximate surface area is 77.5 Å². The first-order valence-corrected chi connectivity index (χ1v) is 4.47. The third-order valence-corrected chi connectivity index (χ3v) is 2.20. The van der Waals surface area contributed by atoms with Crippen molar-refractivity contribution in [3.8, 4) is 0 Å². The predicted molar refractivity (Wildman–Crippen MR) is 49.9 cm³/mol. The van der Waals surface area contributed by atoms with E-state index in [0.29, 0.717) is 6.10 Å². The van der Waals surface area contributed by atoms with Crippen molar-refractivity contribution >= 4 is 5.78 Å². The van der Waals surface area contributed by atoms with Crippen molar-refractivity contribution in [2.24, 2.45) is 0 Å². The summed E-state index contributed by atoms with van der Waals surface area (Å²) in [4.78, 5) is 11.1. The molecule has 0 aliphatic carbocycles. The minimum absolute atomic E-state index is 0.124. The molecule has 1 aromatic rings. The molecule has 0 amide bonds. The summed E-state index contributed by atoms with van der Waals surface area (Å²) in [5.41, 5.74) is 1.98. The third-order valence-electron chi connectivity index (χ3n) is 2.20. The molecule has 13 heavy (non-hydrogen) atoms. The van der Waals surface area contributed by atoms with Crippen LogP contribution in [0.4, 0.5) is 0 Å². The summed E-state index contributed by atoms with van der Waals surface area (Å²) in [6.45, 7) is 2.46. The number of ketones is 1. The van der Waals surface area contributed by atoms with E-state index in [2.05, 4.69) is 0 Å². The van der Waals surface area contributed by atoms with Crippen LogP contribution in [-0.4, -0.2) is 18.5 Å². The smallest absolute Gasteiger partial charge is 0.159 e. The summed E-state index contributed by atoms with van der Waals surface area (Å²) in [5.74, 6) is 0.124. The van der Waals surface area contributed by atoms with Crippen LogP contribution in [0.5, 0.6) is 0 Å². The Morgan fingerprint density at radius 2 is 2.38 bits per heavy atom. The Balaban J connectivity index is 2.15. The maximum atomic E-state index is 11.1. The average Bonchev–Trinajstić information content (AvgIpc) is 2.89. The van der Waals surface area contributed by atoms with E-state index >= 15 is 0 Å². The van der Waals surface area contributed by atoms with Gasteiger partial charge < -0.3 is 4.74 Å². The number of carbonyl (C=O) groups is 1. The van der Waals surface area contributed by atoms with E-state index in [4.69, 9.17) is 4.74 Å². The topological polar surface area (TPSA) is 29.6 Å². The van der Waals surface area contributed by atoms with Crippen LogP contribution < -0.4 is 0 Å². The van der Waals surface area contributed by atoms with Crippen LogP contribution in [-0.2, 0) is 11.2 Å². The monoisotopic (exact) mass is 176 g/mol. The van der Waals surface area contributed by atoms with Gasteiger partial charge in [-0.2, -0.15) is 0 Å². The molecule has 1 saturated heterocycles.